The topological polar surface area (TPSA) is 55.6 Å². The Bertz CT molecular complexity index is 216. The van der Waals surface area contributed by atoms with Gasteiger partial charge in [-0.05, 0) is 5.41 Å². The number of nitrogens with zero attached hydrogens (tertiary/aromatic N) is 1. The second-order valence-electron chi connectivity index (χ2n) is 4.62. The predicted molar refractivity (Wildman–Crippen MR) is 54.8 cm³/mol. The average Bonchev–Trinajstić information content (AvgIpc) is 2.42. The summed E-state index contributed by atoms with van der Waals surface area (Å²) in [5, 5.41) is 0. The number of likely N-dealkylation sites (tertiary alicyclic amines) is 1. The summed E-state index contributed by atoms with van der Waals surface area (Å²) in [4.78, 5) is 13.2. The first-order valence-electron chi connectivity index (χ1n) is 4.98. The molecule has 0 aliphatic carbocycles. The predicted octanol–water partition coefficient (Wildman–Crippen LogP) is 0.0761. The van der Waals surface area contributed by atoms with Gasteiger partial charge in [0, 0.05) is 26.1 Å². The highest BCUT2D eigenvalue weighted by Crippen LogP contribution is 2.35. The molecule has 1 saturated heterocycles. The van der Waals surface area contributed by atoms with Gasteiger partial charge in [-0.2, -0.15) is 0 Å². The van der Waals surface area contributed by atoms with Gasteiger partial charge < -0.3 is 15.4 Å². The Labute approximate surface area is 85.4 Å². The molecule has 1 aliphatic rings. The molecule has 1 heterocycles. The smallest absolute Gasteiger partial charge is 0.236 e. The molecule has 14 heavy (non-hydrogen) atoms. The number of carbonyl (C=O) groups is 1. The van der Waals surface area contributed by atoms with Crippen LogP contribution < -0.4 is 5.73 Å². The highest BCUT2D eigenvalue weighted by atomic mass is 16.5. The van der Waals surface area contributed by atoms with Gasteiger partial charge in [0.15, 0.2) is 0 Å². The van der Waals surface area contributed by atoms with Crippen molar-refractivity contribution in [2.45, 2.75) is 13.8 Å². The molecular weight excluding hydrogens is 180 g/mol. The second kappa shape index (κ2) is 4.28. The van der Waals surface area contributed by atoms with E-state index in [-0.39, 0.29) is 17.9 Å². The molecule has 1 amide bonds. The molecular formula is C10H20N2O2. The van der Waals surface area contributed by atoms with Gasteiger partial charge in [0.05, 0.1) is 13.2 Å². The molecule has 0 aromatic heterocycles. The summed E-state index contributed by atoms with van der Waals surface area (Å²) >= 11 is 0. The van der Waals surface area contributed by atoms with Crippen LogP contribution in [0.15, 0.2) is 0 Å². The third-order valence-electron chi connectivity index (χ3n) is 3.04. The van der Waals surface area contributed by atoms with Crippen LogP contribution in [0.3, 0.4) is 0 Å². The number of nitrogens with two attached hydrogens (primary N) is 1. The lowest BCUT2D eigenvalue weighted by Crippen LogP contribution is -2.35. The molecule has 82 valence electrons. The van der Waals surface area contributed by atoms with E-state index in [2.05, 4.69) is 13.8 Å². The minimum Gasteiger partial charge on any atom is -0.384 e. The molecule has 0 bridgehead atoms. The van der Waals surface area contributed by atoms with Crippen molar-refractivity contribution in [3.8, 4) is 0 Å². The third-order valence-corrected chi connectivity index (χ3v) is 3.04. The van der Waals surface area contributed by atoms with Gasteiger partial charge in [-0.25, -0.2) is 0 Å². The molecule has 4 heteroatoms. The Morgan fingerprint density at radius 3 is 2.79 bits per heavy atom. The molecule has 0 aromatic rings. The van der Waals surface area contributed by atoms with Gasteiger partial charge in [-0.1, -0.05) is 13.8 Å². The number of rotatable bonds is 3. The van der Waals surface area contributed by atoms with Gasteiger partial charge in [-0.15, -0.1) is 0 Å². The van der Waals surface area contributed by atoms with Crippen LogP contribution in [-0.2, 0) is 9.53 Å². The molecule has 1 fully saturated rings. The fourth-order valence-corrected chi connectivity index (χ4v) is 2.00. The van der Waals surface area contributed by atoms with E-state index in [0.717, 1.165) is 13.1 Å². The van der Waals surface area contributed by atoms with Crippen molar-refractivity contribution in [1.29, 1.82) is 0 Å². The van der Waals surface area contributed by atoms with Gasteiger partial charge in [-0.3, -0.25) is 4.79 Å². The lowest BCUT2D eigenvalue weighted by atomic mass is 9.83. The molecule has 2 N–H and O–H groups in total. The van der Waals surface area contributed by atoms with Crippen LogP contribution in [0, 0.1) is 11.3 Å². The fraction of sp³-hybridized carbons (Fsp3) is 0.900. The molecule has 1 aliphatic heterocycles. The first kappa shape index (κ1) is 11.5. The third kappa shape index (κ3) is 2.25. The van der Waals surface area contributed by atoms with Crippen LogP contribution in [-0.4, -0.2) is 44.2 Å². The monoisotopic (exact) mass is 200 g/mol. The van der Waals surface area contributed by atoms with E-state index in [1.807, 2.05) is 4.90 Å². The minimum absolute atomic E-state index is 0.0386. The Morgan fingerprint density at radius 1 is 1.64 bits per heavy atom. The largest absolute Gasteiger partial charge is 0.384 e. The van der Waals surface area contributed by atoms with Crippen LogP contribution in [0.1, 0.15) is 13.8 Å². The zero-order chi connectivity index (χ0) is 10.8. The summed E-state index contributed by atoms with van der Waals surface area (Å²) in [5.41, 5.74) is 5.48. The van der Waals surface area contributed by atoms with E-state index in [1.165, 1.54) is 0 Å². The number of methoxy groups -OCH3 is 1. The number of hydrogen-bond donors (Lipinski definition) is 1. The zero-order valence-corrected chi connectivity index (χ0v) is 9.25. The molecule has 0 radical (unpaired) electrons. The van der Waals surface area contributed by atoms with Crippen molar-refractivity contribution in [2.24, 2.45) is 17.1 Å². The van der Waals surface area contributed by atoms with E-state index < -0.39 is 0 Å². The van der Waals surface area contributed by atoms with Gasteiger partial charge in [0.1, 0.15) is 0 Å². The van der Waals surface area contributed by atoms with E-state index in [1.54, 1.807) is 7.11 Å². The van der Waals surface area contributed by atoms with Crippen molar-refractivity contribution in [3.05, 3.63) is 0 Å². The fourth-order valence-electron chi connectivity index (χ4n) is 2.00. The van der Waals surface area contributed by atoms with Crippen molar-refractivity contribution in [1.82, 2.24) is 4.90 Å². The molecule has 4 nitrogen and oxygen atoms in total. The lowest BCUT2D eigenvalue weighted by Gasteiger charge is -2.24. The van der Waals surface area contributed by atoms with Gasteiger partial charge >= 0.3 is 0 Å². The Kier molecular flexibility index (Phi) is 3.50. The summed E-state index contributed by atoms with van der Waals surface area (Å²) in [6, 6.07) is 0. The Hall–Kier alpha value is -0.610. The summed E-state index contributed by atoms with van der Waals surface area (Å²) in [6.07, 6.45) is 0. The van der Waals surface area contributed by atoms with Crippen LogP contribution in [0.4, 0.5) is 0 Å². The Morgan fingerprint density at radius 2 is 2.29 bits per heavy atom. The molecule has 1 rings (SSSR count). The van der Waals surface area contributed by atoms with E-state index in [0.29, 0.717) is 12.5 Å². The zero-order valence-electron chi connectivity index (χ0n) is 9.25. The van der Waals surface area contributed by atoms with Crippen LogP contribution >= 0.6 is 0 Å². The van der Waals surface area contributed by atoms with Crippen molar-refractivity contribution >= 4 is 5.91 Å². The highest BCUT2D eigenvalue weighted by Gasteiger charge is 2.40. The normalized spacial score (nSPS) is 25.4. The minimum atomic E-state index is 0.0386. The van der Waals surface area contributed by atoms with Gasteiger partial charge in [0.2, 0.25) is 5.91 Å². The van der Waals surface area contributed by atoms with Crippen molar-refractivity contribution in [3.63, 3.8) is 0 Å². The van der Waals surface area contributed by atoms with Crippen molar-refractivity contribution < 1.29 is 9.53 Å². The van der Waals surface area contributed by atoms with Crippen molar-refractivity contribution in [2.75, 3.05) is 33.4 Å². The summed E-state index contributed by atoms with van der Waals surface area (Å²) in [7, 11) is 1.70. The maximum Gasteiger partial charge on any atom is 0.236 e. The summed E-state index contributed by atoms with van der Waals surface area (Å²) in [6.45, 7) is 6.71. The van der Waals surface area contributed by atoms with E-state index >= 15 is 0 Å². The number of amides is 1. The van der Waals surface area contributed by atoms with Gasteiger partial charge in [0.25, 0.3) is 0 Å². The van der Waals surface area contributed by atoms with Crippen LogP contribution in [0.25, 0.3) is 0 Å². The van der Waals surface area contributed by atoms with E-state index in [9.17, 15) is 4.79 Å². The lowest BCUT2D eigenvalue weighted by molar-refractivity contribution is -0.129. The maximum absolute atomic E-state index is 11.4. The van der Waals surface area contributed by atoms with Crippen LogP contribution in [0.5, 0.6) is 0 Å². The first-order valence-corrected chi connectivity index (χ1v) is 4.98. The number of ether oxygens (including phenoxy) is 1. The molecule has 0 aromatic carbocycles. The second-order valence-corrected chi connectivity index (χ2v) is 4.62. The Balaban J connectivity index is 2.61. The quantitative estimate of drug-likeness (QED) is 0.701. The summed E-state index contributed by atoms with van der Waals surface area (Å²) in [5.74, 6) is 0.458. The average molecular weight is 200 g/mol. The molecule has 1 atom stereocenters. The van der Waals surface area contributed by atoms with E-state index in [4.69, 9.17) is 10.5 Å². The SMILES string of the molecule is COCC1CN(C(=O)CN)CC1(C)C. The molecule has 0 spiro atoms. The molecule has 0 saturated carbocycles. The maximum atomic E-state index is 11.4. The standard InChI is InChI=1S/C10H20N2O2/c1-10(2)7-12(9(13)4-11)5-8(10)6-14-3/h8H,4-7,11H2,1-3H3. The first-order chi connectivity index (χ1) is 6.51. The highest BCUT2D eigenvalue weighted by molar-refractivity contribution is 5.78. The number of carbonyl (C=O) groups excluding carboxylic acids is 1. The summed E-state index contributed by atoms with van der Waals surface area (Å²) < 4.78 is 5.15. The van der Waals surface area contributed by atoms with Crippen LogP contribution in [0.2, 0.25) is 0 Å². The number of hydrogen-bond acceptors (Lipinski definition) is 3. The molecule has 1 unspecified atom stereocenters.